The van der Waals surface area contributed by atoms with Crippen molar-refractivity contribution in [1.82, 2.24) is 0 Å². The first kappa shape index (κ1) is 15.9. The van der Waals surface area contributed by atoms with E-state index >= 15 is 0 Å². The molecular weight excluding hydrogens is 282 g/mol. The third-order valence-electron chi connectivity index (χ3n) is 3.74. The van der Waals surface area contributed by atoms with Crippen LogP contribution >= 0.6 is 11.6 Å². The molecule has 0 bridgehead atoms. The molecule has 0 saturated heterocycles. The molecule has 2 aromatic carbocycles. The van der Waals surface area contributed by atoms with Crippen molar-refractivity contribution in [2.45, 2.75) is 32.8 Å². The molecule has 1 atom stereocenters. The van der Waals surface area contributed by atoms with Crippen molar-refractivity contribution in [3.05, 3.63) is 64.2 Å². The normalized spacial score (nSPS) is 12.5. The van der Waals surface area contributed by atoms with Crippen molar-refractivity contribution >= 4 is 17.3 Å². The van der Waals surface area contributed by atoms with Gasteiger partial charge in [0.1, 0.15) is 0 Å². The van der Waals surface area contributed by atoms with E-state index in [0.29, 0.717) is 12.5 Å². The van der Waals surface area contributed by atoms with Gasteiger partial charge in [0.05, 0.1) is 6.10 Å². The van der Waals surface area contributed by atoms with Crippen molar-refractivity contribution in [3.8, 4) is 0 Å². The quantitative estimate of drug-likeness (QED) is 0.822. The molecule has 0 aliphatic heterocycles. The fraction of sp³-hybridized carbons (Fsp3) is 0.333. The molecule has 0 heterocycles. The van der Waals surface area contributed by atoms with Crippen LogP contribution in [0.5, 0.6) is 0 Å². The smallest absolute Gasteiger partial charge is 0.0962 e. The minimum absolute atomic E-state index is 0.461. The zero-order chi connectivity index (χ0) is 15.4. The van der Waals surface area contributed by atoms with Crippen molar-refractivity contribution in [3.63, 3.8) is 0 Å². The Bertz CT molecular complexity index is 593. The highest BCUT2D eigenvalue weighted by Crippen LogP contribution is 2.24. The van der Waals surface area contributed by atoms with E-state index < -0.39 is 6.10 Å². The van der Waals surface area contributed by atoms with Gasteiger partial charge in [-0.15, -0.1) is 0 Å². The van der Waals surface area contributed by atoms with Crippen LogP contribution in [-0.4, -0.2) is 11.7 Å². The number of aliphatic hydroxyl groups is 1. The summed E-state index contributed by atoms with van der Waals surface area (Å²) in [6.07, 6.45) is -0.537. The van der Waals surface area contributed by atoms with E-state index in [1.807, 2.05) is 37.3 Å². The first-order chi connectivity index (χ1) is 9.99. The van der Waals surface area contributed by atoms with Gasteiger partial charge in [-0.25, -0.2) is 0 Å². The number of hydrogen-bond acceptors (Lipinski definition) is 2. The average molecular weight is 304 g/mol. The highest BCUT2D eigenvalue weighted by Gasteiger charge is 2.09. The summed E-state index contributed by atoms with van der Waals surface area (Å²) in [7, 11) is 0. The fourth-order valence-electron chi connectivity index (χ4n) is 2.23. The van der Waals surface area contributed by atoms with Crippen molar-refractivity contribution in [2.75, 3.05) is 11.9 Å². The Hall–Kier alpha value is -1.51. The zero-order valence-corrected chi connectivity index (χ0v) is 13.5. The fourth-order valence-corrected chi connectivity index (χ4v) is 2.40. The number of anilines is 1. The van der Waals surface area contributed by atoms with Gasteiger partial charge in [0, 0.05) is 17.3 Å². The van der Waals surface area contributed by atoms with Crippen molar-refractivity contribution in [1.29, 1.82) is 0 Å². The van der Waals surface area contributed by atoms with Crippen LogP contribution in [0.2, 0.25) is 5.02 Å². The predicted octanol–water partition coefficient (Wildman–Crippen LogP) is 4.92. The number of hydrogen-bond donors (Lipinski definition) is 2. The molecule has 0 aliphatic carbocycles. The van der Waals surface area contributed by atoms with Crippen LogP contribution in [0.25, 0.3) is 0 Å². The number of rotatable bonds is 5. The van der Waals surface area contributed by atoms with Gasteiger partial charge >= 0.3 is 0 Å². The van der Waals surface area contributed by atoms with Gasteiger partial charge in [0.25, 0.3) is 0 Å². The van der Waals surface area contributed by atoms with Crippen LogP contribution in [0.1, 0.15) is 42.6 Å². The van der Waals surface area contributed by atoms with Gasteiger partial charge < -0.3 is 10.4 Å². The molecule has 0 spiro atoms. The van der Waals surface area contributed by atoms with Gasteiger partial charge in [0.15, 0.2) is 0 Å². The van der Waals surface area contributed by atoms with E-state index in [9.17, 15) is 5.11 Å². The number of nitrogens with one attached hydrogen (secondary N) is 1. The molecule has 21 heavy (non-hydrogen) atoms. The SMILES string of the molecule is Cc1c(Cl)cccc1NCC(O)c1ccc(C(C)C)cc1. The lowest BCUT2D eigenvalue weighted by Crippen LogP contribution is -2.13. The van der Waals surface area contributed by atoms with Gasteiger partial charge in [-0.1, -0.05) is 55.8 Å². The summed E-state index contributed by atoms with van der Waals surface area (Å²) in [5.41, 5.74) is 4.16. The Kier molecular flexibility index (Phi) is 5.27. The molecule has 2 aromatic rings. The van der Waals surface area contributed by atoms with Gasteiger partial charge in [0.2, 0.25) is 0 Å². The van der Waals surface area contributed by atoms with Gasteiger partial charge in [-0.2, -0.15) is 0 Å². The molecule has 0 aliphatic rings. The van der Waals surface area contributed by atoms with E-state index in [2.05, 4.69) is 31.3 Å². The maximum absolute atomic E-state index is 10.3. The van der Waals surface area contributed by atoms with Crippen molar-refractivity contribution in [2.24, 2.45) is 0 Å². The largest absolute Gasteiger partial charge is 0.387 e. The molecule has 0 saturated carbocycles. The third-order valence-corrected chi connectivity index (χ3v) is 4.15. The third kappa shape index (κ3) is 3.99. The predicted molar refractivity (Wildman–Crippen MR) is 90.2 cm³/mol. The van der Waals surface area contributed by atoms with E-state index in [1.54, 1.807) is 0 Å². The van der Waals surface area contributed by atoms with Crippen LogP contribution in [0.4, 0.5) is 5.69 Å². The molecule has 0 amide bonds. The summed E-state index contributed by atoms with van der Waals surface area (Å²) in [6.45, 7) is 6.75. The maximum atomic E-state index is 10.3. The summed E-state index contributed by atoms with van der Waals surface area (Å²) in [5.74, 6) is 0.503. The Morgan fingerprint density at radius 1 is 1.05 bits per heavy atom. The van der Waals surface area contributed by atoms with Crippen LogP contribution < -0.4 is 5.32 Å². The molecule has 0 aromatic heterocycles. The van der Waals surface area contributed by atoms with Crippen molar-refractivity contribution < 1.29 is 5.11 Å². The topological polar surface area (TPSA) is 32.3 Å². The lowest BCUT2D eigenvalue weighted by atomic mass is 10.00. The van der Waals surface area contributed by atoms with E-state index in [1.165, 1.54) is 5.56 Å². The Morgan fingerprint density at radius 3 is 2.29 bits per heavy atom. The molecule has 3 heteroatoms. The number of halogens is 1. The summed E-state index contributed by atoms with van der Waals surface area (Å²) in [5, 5.41) is 14.3. The number of benzene rings is 2. The summed E-state index contributed by atoms with van der Waals surface area (Å²) >= 11 is 6.09. The molecule has 0 fully saturated rings. The first-order valence-corrected chi connectivity index (χ1v) is 7.63. The molecule has 0 radical (unpaired) electrons. The molecule has 2 nitrogen and oxygen atoms in total. The maximum Gasteiger partial charge on any atom is 0.0962 e. The Morgan fingerprint density at radius 2 is 1.67 bits per heavy atom. The average Bonchev–Trinajstić information content (AvgIpc) is 2.48. The van der Waals surface area contributed by atoms with E-state index in [-0.39, 0.29) is 0 Å². The summed E-state index contributed by atoms with van der Waals surface area (Å²) in [4.78, 5) is 0. The highest BCUT2D eigenvalue weighted by atomic mass is 35.5. The second-order valence-electron chi connectivity index (χ2n) is 5.63. The molecule has 2 N–H and O–H groups in total. The minimum Gasteiger partial charge on any atom is -0.387 e. The molecule has 2 rings (SSSR count). The zero-order valence-electron chi connectivity index (χ0n) is 12.7. The lowest BCUT2D eigenvalue weighted by Gasteiger charge is -2.16. The molecular formula is C18H22ClNO. The van der Waals surface area contributed by atoms with Crippen LogP contribution in [0, 0.1) is 6.92 Å². The van der Waals surface area contributed by atoms with Crippen LogP contribution in [0.3, 0.4) is 0 Å². The van der Waals surface area contributed by atoms with Crippen LogP contribution in [0.15, 0.2) is 42.5 Å². The Labute approximate surface area is 131 Å². The van der Waals surface area contributed by atoms with Crippen LogP contribution in [-0.2, 0) is 0 Å². The Balaban J connectivity index is 2.01. The lowest BCUT2D eigenvalue weighted by molar-refractivity contribution is 0.191. The van der Waals surface area contributed by atoms with E-state index in [0.717, 1.165) is 21.8 Å². The molecule has 1 unspecified atom stereocenters. The van der Waals surface area contributed by atoms with Gasteiger partial charge in [-0.3, -0.25) is 0 Å². The second-order valence-corrected chi connectivity index (χ2v) is 6.04. The summed E-state index contributed by atoms with van der Waals surface area (Å²) < 4.78 is 0. The van der Waals surface area contributed by atoms with Gasteiger partial charge in [-0.05, 0) is 41.7 Å². The first-order valence-electron chi connectivity index (χ1n) is 7.26. The highest BCUT2D eigenvalue weighted by molar-refractivity contribution is 6.31. The summed E-state index contributed by atoms with van der Waals surface area (Å²) in [6, 6.07) is 13.9. The number of aliphatic hydroxyl groups excluding tert-OH is 1. The standard InChI is InChI=1S/C18H22ClNO/c1-12(2)14-7-9-15(10-8-14)18(21)11-20-17-6-4-5-16(19)13(17)3/h4-10,12,18,20-21H,11H2,1-3H3. The minimum atomic E-state index is -0.537. The molecule has 112 valence electrons. The van der Waals surface area contributed by atoms with E-state index in [4.69, 9.17) is 11.6 Å². The monoisotopic (exact) mass is 303 g/mol. The second kappa shape index (κ2) is 6.97.